The maximum absolute atomic E-state index is 5.66. The van der Waals surface area contributed by atoms with Crippen molar-refractivity contribution in [3.05, 3.63) is 18.2 Å². The average Bonchev–Trinajstić information content (AvgIpc) is 2.65. The molecule has 0 spiro atoms. The van der Waals surface area contributed by atoms with Crippen molar-refractivity contribution in [2.45, 2.75) is 25.9 Å². The highest BCUT2D eigenvalue weighted by Crippen LogP contribution is 2.17. The molecular weight excluding hydrogens is 188 g/mol. The second-order valence-electron chi connectivity index (χ2n) is 4.51. The van der Waals surface area contributed by atoms with E-state index in [1.165, 1.54) is 25.9 Å². The fourth-order valence-electron chi connectivity index (χ4n) is 2.38. The minimum Gasteiger partial charge on any atom is -0.333 e. The van der Waals surface area contributed by atoms with Crippen molar-refractivity contribution in [3.63, 3.8) is 0 Å². The second kappa shape index (κ2) is 4.77. The molecule has 1 aliphatic rings. The first-order valence-corrected chi connectivity index (χ1v) is 5.67. The zero-order chi connectivity index (χ0) is 10.7. The standard InChI is InChI=1S/C11H20N4/c1-14-4-2-3-10(7-14)8-15-9-13-6-11(15)5-12/h6,9-10H,2-5,7-8,12H2,1H3. The number of nitrogens with zero attached hydrogens (tertiary/aromatic N) is 3. The first-order chi connectivity index (χ1) is 7.29. The van der Waals surface area contributed by atoms with Crippen molar-refractivity contribution < 1.29 is 0 Å². The van der Waals surface area contributed by atoms with Crippen LogP contribution in [0, 0.1) is 5.92 Å². The molecule has 0 radical (unpaired) electrons. The van der Waals surface area contributed by atoms with Gasteiger partial charge in [-0.25, -0.2) is 4.98 Å². The van der Waals surface area contributed by atoms with Crippen LogP contribution in [0.4, 0.5) is 0 Å². The van der Waals surface area contributed by atoms with Crippen molar-refractivity contribution in [2.24, 2.45) is 11.7 Å². The van der Waals surface area contributed by atoms with E-state index >= 15 is 0 Å². The van der Waals surface area contributed by atoms with E-state index in [1.54, 1.807) is 0 Å². The van der Waals surface area contributed by atoms with E-state index in [0.29, 0.717) is 6.54 Å². The maximum atomic E-state index is 5.66. The summed E-state index contributed by atoms with van der Waals surface area (Å²) in [5, 5.41) is 0. The molecule has 1 atom stereocenters. The van der Waals surface area contributed by atoms with E-state index in [9.17, 15) is 0 Å². The molecule has 4 heteroatoms. The number of aromatic nitrogens is 2. The Morgan fingerprint density at radius 3 is 3.20 bits per heavy atom. The van der Waals surface area contributed by atoms with Gasteiger partial charge >= 0.3 is 0 Å². The van der Waals surface area contributed by atoms with Crippen LogP contribution in [-0.4, -0.2) is 34.6 Å². The zero-order valence-corrected chi connectivity index (χ0v) is 9.39. The normalized spacial score (nSPS) is 23.2. The van der Waals surface area contributed by atoms with Crippen LogP contribution < -0.4 is 5.73 Å². The Morgan fingerprint density at radius 2 is 2.47 bits per heavy atom. The summed E-state index contributed by atoms with van der Waals surface area (Å²) in [6, 6.07) is 0. The molecule has 1 aromatic heterocycles. The monoisotopic (exact) mass is 208 g/mol. The molecule has 2 rings (SSSR count). The minimum absolute atomic E-state index is 0.586. The number of hydrogen-bond acceptors (Lipinski definition) is 3. The predicted octanol–water partition coefficient (Wildman–Crippen LogP) is 0.684. The van der Waals surface area contributed by atoms with Crippen molar-refractivity contribution in [3.8, 4) is 0 Å². The summed E-state index contributed by atoms with van der Waals surface area (Å²) < 4.78 is 2.20. The van der Waals surface area contributed by atoms with Gasteiger partial charge in [-0.1, -0.05) is 0 Å². The largest absolute Gasteiger partial charge is 0.333 e. The number of rotatable bonds is 3. The summed E-state index contributed by atoms with van der Waals surface area (Å²) in [5.74, 6) is 0.753. The topological polar surface area (TPSA) is 47.1 Å². The number of imidazole rings is 1. The minimum atomic E-state index is 0.586. The van der Waals surface area contributed by atoms with Gasteiger partial charge < -0.3 is 15.2 Å². The number of piperidine rings is 1. The van der Waals surface area contributed by atoms with E-state index in [2.05, 4.69) is 21.5 Å². The van der Waals surface area contributed by atoms with Gasteiger partial charge in [0.1, 0.15) is 0 Å². The molecule has 15 heavy (non-hydrogen) atoms. The molecule has 2 heterocycles. The van der Waals surface area contributed by atoms with Gasteiger partial charge in [-0.15, -0.1) is 0 Å². The lowest BCUT2D eigenvalue weighted by Crippen LogP contribution is -2.34. The highest BCUT2D eigenvalue weighted by Gasteiger charge is 2.17. The SMILES string of the molecule is CN1CCCC(Cn2cncc2CN)C1. The molecule has 84 valence electrons. The first kappa shape index (κ1) is 10.6. The number of nitrogens with two attached hydrogens (primary N) is 1. The fourth-order valence-corrected chi connectivity index (χ4v) is 2.38. The predicted molar refractivity (Wildman–Crippen MR) is 60.3 cm³/mol. The highest BCUT2D eigenvalue weighted by molar-refractivity contribution is 4.97. The Kier molecular flexibility index (Phi) is 3.38. The molecule has 0 saturated carbocycles. The summed E-state index contributed by atoms with van der Waals surface area (Å²) in [6.45, 7) is 4.09. The molecule has 0 bridgehead atoms. The van der Waals surface area contributed by atoms with Gasteiger partial charge in [0.15, 0.2) is 0 Å². The van der Waals surface area contributed by atoms with Gasteiger partial charge in [0.05, 0.1) is 12.0 Å². The lowest BCUT2D eigenvalue weighted by atomic mass is 9.98. The molecular formula is C11H20N4. The third-order valence-electron chi connectivity index (χ3n) is 3.18. The fraction of sp³-hybridized carbons (Fsp3) is 0.727. The maximum Gasteiger partial charge on any atom is 0.0948 e. The van der Waals surface area contributed by atoms with Crippen LogP contribution in [0.3, 0.4) is 0 Å². The van der Waals surface area contributed by atoms with Crippen LogP contribution in [-0.2, 0) is 13.1 Å². The van der Waals surface area contributed by atoms with Gasteiger partial charge in [0.25, 0.3) is 0 Å². The Labute approximate surface area is 91.1 Å². The molecule has 1 saturated heterocycles. The number of likely N-dealkylation sites (tertiary alicyclic amines) is 1. The van der Waals surface area contributed by atoms with Gasteiger partial charge in [0, 0.05) is 25.8 Å². The molecule has 0 aliphatic carbocycles. The van der Waals surface area contributed by atoms with Gasteiger partial charge in [-0.2, -0.15) is 0 Å². The molecule has 1 unspecified atom stereocenters. The Morgan fingerprint density at radius 1 is 1.60 bits per heavy atom. The van der Waals surface area contributed by atoms with Crippen molar-refractivity contribution in [2.75, 3.05) is 20.1 Å². The van der Waals surface area contributed by atoms with E-state index in [1.807, 2.05) is 12.5 Å². The van der Waals surface area contributed by atoms with E-state index in [4.69, 9.17) is 5.73 Å². The third-order valence-corrected chi connectivity index (χ3v) is 3.18. The zero-order valence-electron chi connectivity index (χ0n) is 9.39. The van der Waals surface area contributed by atoms with E-state index in [-0.39, 0.29) is 0 Å². The molecule has 0 aromatic carbocycles. The average molecular weight is 208 g/mol. The van der Waals surface area contributed by atoms with Crippen LogP contribution in [0.2, 0.25) is 0 Å². The van der Waals surface area contributed by atoms with Gasteiger partial charge in [-0.05, 0) is 32.4 Å². The lowest BCUT2D eigenvalue weighted by molar-refractivity contribution is 0.193. The summed E-state index contributed by atoms with van der Waals surface area (Å²) in [4.78, 5) is 6.56. The highest BCUT2D eigenvalue weighted by atomic mass is 15.1. The van der Waals surface area contributed by atoms with Crippen molar-refractivity contribution in [1.29, 1.82) is 0 Å². The third kappa shape index (κ3) is 2.58. The summed E-state index contributed by atoms with van der Waals surface area (Å²) in [7, 11) is 2.20. The van der Waals surface area contributed by atoms with Crippen LogP contribution in [0.5, 0.6) is 0 Å². The number of hydrogen-bond donors (Lipinski definition) is 1. The van der Waals surface area contributed by atoms with Crippen molar-refractivity contribution >= 4 is 0 Å². The first-order valence-electron chi connectivity index (χ1n) is 5.67. The smallest absolute Gasteiger partial charge is 0.0948 e. The van der Waals surface area contributed by atoms with Crippen LogP contribution in [0.1, 0.15) is 18.5 Å². The Bertz CT molecular complexity index is 307. The second-order valence-corrected chi connectivity index (χ2v) is 4.51. The van der Waals surface area contributed by atoms with Crippen LogP contribution >= 0.6 is 0 Å². The molecule has 0 amide bonds. The summed E-state index contributed by atoms with van der Waals surface area (Å²) >= 11 is 0. The molecule has 1 fully saturated rings. The molecule has 2 N–H and O–H groups in total. The summed E-state index contributed by atoms with van der Waals surface area (Å²) in [5.41, 5.74) is 6.80. The molecule has 1 aliphatic heterocycles. The lowest BCUT2D eigenvalue weighted by Gasteiger charge is -2.30. The van der Waals surface area contributed by atoms with Gasteiger partial charge in [-0.3, -0.25) is 0 Å². The van der Waals surface area contributed by atoms with Crippen LogP contribution in [0.25, 0.3) is 0 Å². The summed E-state index contributed by atoms with van der Waals surface area (Å²) in [6.07, 6.45) is 6.41. The molecule has 4 nitrogen and oxygen atoms in total. The quantitative estimate of drug-likeness (QED) is 0.794. The Balaban J connectivity index is 1.96. The van der Waals surface area contributed by atoms with Crippen LogP contribution in [0.15, 0.2) is 12.5 Å². The molecule has 1 aromatic rings. The Hall–Kier alpha value is -0.870. The van der Waals surface area contributed by atoms with E-state index in [0.717, 1.165) is 18.2 Å². The van der Waals surface area contributed by atoms with E-state index < -0.39 is 0 Å². The van der Waals surface area contributed by atoms with Gasteiger partial charge in [0.2, 0.25) is 0 Å². The van der Waals surface area contributed by atoms with Crippen molar-refractivity contribution in [1.82, 2.24) is 14.5 Å².